The Bertz CT molecular complexity index is 671. The first-order valence-corrected chi connectivity index (χ1v) is 7.94. The Morgan fingerprint density at radius 1 is 1.16 bits per heavy atom. The number of aromatic amines is 1. The zero-order valence-corrected chi connectivity index (χ0v) is 12.9. The molecule has 3 aromatic rings. The van der Waals surface area contributed by atoms with E-state index in [1.807, 2.05) is 0 Å². The molecule has 0 radical (unpaired) electrons. The molecule has 2 N–H and O–H groups in total. The van der Waals surface area contributed by atoms with E-state index in [1.54, 1.807) is 11.3 Å². The van der Waals surface area contributed by atoms with E-state index in [0.717, 1.165) is 19.5 Å². The van der Waals surface area contributed by atoms with Gasteiger partial charge in [0.05, 0.1) is 3.79 Å². The zero-order chi connectivity index (χ0) is 13.1. The first-order chi connectivity index (χ1) is 9.33. The number of benzene rings is 1. The number of H-pyrrole nitrogens is 1. The van der Waals surface area contributed by atoms with Crippen molar-refractivity contribution in [1.29, 1.82) is 0 Å². The Morgan fingerprint density at radius 2 is 2.05 bits per heavy atom. The minimum Gasteiger partial charge on any atom is -0.361 e. The molecule has 0 unspecified atom stereocenters. The third kappa shape index (κ3) is 3.08. The van der Waals surface area contributed by atoms with Gasteiger partial charge in [0, 0.05) is 28.5 Å². The first-order valence-electron chi connectivity index (χ1n) is 6.33. The fourth-order valence-electron chi connectivity index (χ4n) is 2.22. The molecular formula is C15H15BrN2S. The first kappa shape index (κ1) is 12.9. The average Bonchev–Trinajstić information content (AvgIpc) is 3.02. The predicted octanol–water partition coefficient (Wildman–Crippen LogP) is 4.32. The molecule has 0 aliphatic heterocycles. The van der Waals surface area contributed by atoms with Gasteiger partial charge in [-0.1, -0.05) is 18.2 Å². The molecule has 19 heavy (non-hydrogen) atoms. The quantitative estimate of drug-likeness (QED) is 0.668. The van der Waals surface area contributed by atoms with E-state index < -0.39 is 0 Å². The second-order valence-corrected chi connectivity index (χ2v) is 7.04. The van der Waals surface area contributed by atoms with Gasteiger partial charge in [0.2, 0.25) is 0 Å². The van der Waals surface area contributed by atoms with Crippen LogP contribution in [0, 0.1) is 0 Å². The van der Waals surface area contributed by atoms with Gasteiger partial charge in [-0.05, 0) is 52.7 Å². The molecule has 0 atom stereocenters. The smallest absolute Gasteiger partial charge is 0.0701 e. The van der Waals surface area contributed by atoms with Crippen molar-refractivity contribution in [2.24, 2.45) is 0 Å². The Morgan fingerprint density at radius 3 is 2.89 bits per heavy atom. The van der Waals surface area contributed by atoms with Crippen molar-refractivity contribution in [2.45, 2.75) is 13.0 Å². The van der Waals surface area contributed by atoms with E-state index in [1.165, 1.54) is 25.1 Å². The molecule has 0 saturated heterocycles. The molecule has 2 aromatic heterocycles. The summed E-state index contributed by atoms with van der Waals surface area (Å²) in [6, 6.07) is 12.7. The topological polar surface area (TPSA) is 27.8 Å². The number of aromatic nitrogens is 1. The molecule has 0 fully saturated rings. The maximum Gasteiger partial charge on any atom is 0.0701 e. The lowest BCUT2D eigenvalue weighted by atomic mass is 10.1. The van der Waals surface area contributed by atoms with Gasteiger partial charge < -0.3 is 10.3 Å². The number of nitrogens with one attached hydrogen (secondary N) is 2. The van der Waals surface area contributed by atoms with Crippen molar-refractivity contribution in [3.63, 3.8) is 0 Å². The summed E-state index contributed by atoms with van der Waals surface area (Å²) in [4.78, 5) is 4.68. The largest absolute Gasteiger partial charge is 0.361 e. The van der Waals surface area contributed by atoms with Crippen LogP contribution < -0.4 is 5.32 Å². The van der Waals surface area contributed by atoms with E-state index in [9.17, 15) is 0 Å². The van der Waals surface area contributed by atoms with Crippen LogP contribution in [-0.4, -0.2) is 11.5 Å². The van der Waals surface area contributed by atoms with Gasteiger partial charge in [-0.25, -0.2) is 0 Å². The van der Waals surface area contributed by atoms with Crippen LogP contribution in [0.15, 0.2) is 46.4 Å². The zero-order valence-electron chi connectivity index (χ0n) is 10.4. The predicted molar refractivity (Wildman–Crippen MR) is 85.7 cm³/mol. The monoisotopic (exact) mass is 334 g/mol. The summed E-state index contributed by atoms with van der Waals surface area (Å²) < 4.78 is 1.20. The summed E-state index contributed by atoms with van der Waals surface area (Å²) in [7, 11) is 0. The maximum absolute atomic E-state index is 3.49. The van der Waals surface area contributed by atoms with E-state index in [-0.39, 0.29) is 0 Å². The lowest BCUT2D eigenvalue weighted by Crippen LogP contribution is -2.15. The van der Waals surface area contributed by atoms with Crippen molar-refractivity contribution in [3.8, 4) is 0 Å². The fraction of sp³-hybridized carbons (Fsp3) is 0.200. The Balaban J connectivity index is 1.55. The highest BCUT2D eigenvalue weighted by molar-refractivity contribution is 9.11. The number of rotatable bonds is 5. The van der Waals surface area contributed by atoms with Gasteiger partial charge in [-0.15, -0.1) is 11.3 Å². The van der Waals surface area contributed by atoms with Crippen LogP contribution in [-0.2, 0) is 13.0 Å². The second kappa shape index (κ2) is 5.90. The molecule has 4 heteroatoms. The number of fused-ring (bicyclic) bond motifs is 1. The molecule has 2 heterocycles. The summed E-state index contributed by atoms with van der Waals surface area (Å²) >= 11 is 5.27. The second-order valence-electron chi connectivity index (χ2n) is 4.49. The molecule has 0 aliphatic carbocycles. The van der Waals surface area contributed by atoms with Gasteiger partial charge >= 0.3 is 0 Å². The highest BCUT2D eigenvalue weighted by Gasteiger charge is 2.02. The van der Waals surface area contributed by atoms with Crippen molar-refractivity contribution in [1.82, 2.24) is 10.3 Å². The summed E-state index contributed by atoms with van der Waals surface area (Å²) in [6.45, 7) is 1.94. The molecule has 2 nitrogen and oxygen atoms in total. The molecule has 0 bridgehead atoms. The van der Waals surface area contributed by atoms with Crippen molar-refractivity contribution in [3.05, 3.63) is 56.8 Å². The summed E-state index contributed by atoms with van der Waals surface area (Å²) in [5.74, 6) is 0. The number of hydrogen-bond donors (Lipinski definition) is 2. The van der Waals surface area contributed by atoms with Crippen LogP contribution >= 0.6 is 27.3 Å². The minimum atomic E-state index is 0.943. The Kier molecular flexibility index (Phi) is 4.01. The fourth-order valence-corrected chi connectivity index (χ4v) is 3.67. The van der Waals surface area contributed by atoms with Gasteiger partial charge in [-0.2, -0.15) is 0 Å². The van der Waals surface area contributed by atoms with Crippen LogP contribution in [0.3, 0.4) is 0 Å². The maximum atomic E-state index is 3.49. The SMILES string of the molecule is Brc1ccc(CNCCc2c[nH]c3ccccc23)s1. The number of thiophene rings is 1. The number of para-hydroxylation sites is 1. The summed E-state index contributed by atoms with van der Waals surface area (Å²) in [5.41, 5.74) is 2.61. The third-order valence-electron chi connectivity index (χ3n) is 3.17. The van der Waals surface area contributed by atoms with Crippen LogP contribution in [0.1, 0.15) is 10.4 Å². The Labute approximate surface area is 125 Å². The van der Waals surface area contributed by atoms with Crippen molar-refractivity contribution in [2.75, 3.05) is 6.54 Å². The Hall–Kier alpha value is -1.10. The average molecular weight is 335 g/mol. The molecule has 0 aliphatic rings. The molecule has 0 spiro atoms. The number of hydrogen-bond acceptors (Lipinski definition) is 2. The summed E-state index contributed by atoms with van der Waals surface area (Å²) in [6.07, 6.45) is 3.17. The molecule has 98 valence electrons. The van der Waals surface area contributed by atoms with E-state index in [4.69, 9.17) is 0 Å². The van der Waals surface area contributed by atoms with Crippen molar-refractivity contribution < 1.29 is 0 Å². The van der Waals surface area contributed by atoms with E-state index in [0.29, 0.717) is 0 Å². The lowest BCUT2D eigenvalue weighted by Gasteiger charge is -2.02. The van der Waals surface area contributed by atoms with Gasteiger partial charge in [0.1, 0.15) is 0 Å². The lowest BCUT2D eigenvalue weighted by molar-refractivity contribution is 0.695. The third-order valence-corrected chi connectivity index (χ3v) is 4.80. The highest BCUT2D eigenvalue weighted by Crippen LogP contribution is 2.22. The van der Waals surface area contributed by atoms with Crippen molar-refractivity contribution >= 4 is 38.2 Å². The highest BCUT2D eigenvalue weighted by atomic mass is 79.9. The van der Waals surface area contributed by atoms with Gasteiger partial charge in [0.15, 0.2) is 0 Å². The molecule has 1 aromatic carbocycles. The normalized spacial score (nSPS) is 11.2. The van der Waals surface area contributed by atoms with E-state index in [2.05, 4.69) is 68.8 Å². The molecule has 3 rings (SSSR count). The van der Waals surface area contributed by atoms with Gasteiger partial charge in [-0.3, -0.25) is 0 Å². The summed E-state index contributed by atoms with van der Waals surface area (Å²) in [5, 5.41) is 4.83. The van der Waals surface area contributed by atoms with Gasteiger partial charge in [0.25, 0.3) is 0 Å². The molecule has 0 amide bonds. The minimum absolute atomic E-state index is 0.943. The standard InChI is InChI=1S/C15H15BrN2S/c16-15-6-5-12(19-15)10-17-8-7-11-9-18-14-4-2-1-3-13(11)14/h1-6,9,17-18H,7-8,10H2. The number of halogens is 1. The van der Waals surface area contributed by atoms with E-state index >= 15 is 0 Å². The van der Waals surface area contributed by atoms with Crippen LogP contribution in [0.5, 0.6) is 0 Å². The molecule has 0 saturated carbocycles. The molecular weight excluding hydrogens is 320 g/mol. The van der Waals surface area contributed by atoms with Crippen LogP contribution in [0.4, 0.5) is 0 Å². The van der Waals surface area contributed by atoms with Crippen LogP contribution in [0.25, 0.3) is 10.9 Å². The van der Waals surface area contributed by atoms with Crippen LogP contribution in [0.2, 0.25) is 0 Å².